The van der Waals surface area contributed by atoms with Gasteiger partial charge in [-0.15, -0.1) is 0 Å². The highest BCUT2D eigenvalue weighted by atomic mass is 16.6. The zero-order valence-corrected chi connectivity index (χ0v) is 13.1. The van der Waals surface area contributed by atoms with E-state index in [4.69, 9.17) is 15.2 Å². The third kappa shape index (κ3) is 3.33. The predicted octanol–water partition coefficient (Wildman–Crippen LogP) is 2.41. The molecule has 21 heavy (non-hydrogen) atoms. The van der Waals surface area contributed by atoms with Crippen LogP contribution in [0.5, 0.6) is 11.5 Å². The quantitative estimate of drug-likeness (QED) is 0.928. The monoisotopic (exact) mass is 290 g/mol. The van der Waals surface area contributed by atoms with Gasteiger partial charge in [0.15, 0.2) is 11.5 Å². The number of fused-ring (bicyclic) bond motifs is 1. The van der Waals surface area contributed by atoms with Gasteiger partial charge in [0.25, 0.3) is 0 Å². The molecule has 0 saturated carbocycles. The van der Waals surface area contributed by atoms with Crippen LogP contribution in [0.1, 0.15) is 32.3 Å². The molecule has 2 heterocycles. The van der Waals surface area contributed by atoms with Gasteiger partial charge in [0.05, 0.1) is 5.66 Å². The highest BCUT2D eigenvalue weighted by molar-refractivity contribution is 5.44. The van der Waals surface area contributed by atoms with E-state index >= 15 is 0 Å². The van der Waals surface area contributed by atoms with Gasteiger partial charge >= 0.3 is 0 Å². The normalized spacial score (nSPS) is 22.8. The molecule has 2 aliphatic heterocycles. The van der Waals surface area contributed by atoms with Crippen LogP contribution >= 0.6 is 0 Å². The highest BCUT2D eigenvalue weighted by Gasteiger charge is 2.30. The molecule has 1 saturated heterocycles. The van der Waals surface area contributed by atoms with Crippen molar-refractivity contribution in [1.82, 2.24) is 4.90 Å². The van der Waals surface area contributed by atoms with Gasteiger partial charge in [-0.2, -0.15) is 0 Å². The molecule has 1 aromatic carbocycles. The fraction of sp³-hybridized carbons (Fsp3) is 0.647. The zero-order chi connectivity index (χ0) is 14.9. The van der Waals surface area contributed by atoms with E-state index < -0.39 is 0 Å². The second-order valence-corrected chi connectivity index (χ2v) is 6.68. The van der Waals surface area contributed by atoms with E-state index in [0.29, 0.717) is 13.2 Å². The maximum absolute atomic E-state index is 6.60. The van der Waals surface area contributed by atoms with Crippen molar-refractivity contribution < 1.29 is 9.47 Å². The Kier molecular flexibility index (Phi) is 4.09. The van der Waals surface area contributed by atoms with Crippen molar-refractivity contribution in [3.05, 3.63) is 23.8 Å². The van der Waals surface area contributed by atoms with Gasteiger partial charge in [0.1, 0.15) is 13.2 Å². The maximum atomic E-state index is 6.60. The van der Waals surface area contributed by atoms with E-state index in [0.717, 1.165) is 36.9 Å². The molecule has 2 aliphatic rings. The Balaban J connectivity index is 1.70. The summed E-state index contributed by atoms with van der Waals surface area (Å²) in [6.07, 6.45) is 3.32. The van der Waals surface area contributed by atoms with Gasteiger partial charge in [0, 0.05) is 19.5 Å². The lowest BCUT2D eigenvalue weighted by molar-refractivity contribution is 0.0693. The third-order valence-electron chi connectivity index (χ3n) is 4.67. The molecule has 4 nitrogen and oxygen atoms in total. The molecule has 0 radical (unpaired) electrons. The number of nitrogens with zero attached hydrogens (tertiary/aromatic N) is 1. The molecule has 1 aromatic rings. The molecule has 0 spiro atoms. The number of hydrogen-bond donors (Lipinski definition) is 1. The first-order chi connectivity index (χ1) is 10.0. The Hall–Kier alpha value is -1.26. The number of hydrogen-bond acceptors (Lipinski definition) is 4. The summed E-state index contributed by atoms with van der Waals surface area (Å²) in [5.74, 6) is 2.52. The molecule has 116 valence electrons. The summed E-state index contributed by atoms with van der Waals surface area (Å²) < 4.78 is 11.2. The Labute approximate surface area is 127 Å². The van der Waals surface area contributed by atoms with E-state index in [1.54, 1.807) is 0 Å². The summed E-state index contributed by atoms with van der Waals surface area (Å²) in [5, 5.41) is 0. The maximum Gasteiger partial charge on any atom is 0.161 e. The van der Waals surface area contributed by atoms with Crippen LogP contribution in [0.3, 0.4) is 0 Å². The third-order valence-corrected chi connectivity index (χ3v) is 4.67. The van der Waals surface area contributed by atoms with Gasteiger partial charge in [-0.1, -0.05) is 13.0 Å². The number of benzene rings is 1. The summed E-state index contributed by atoms with van der Waals surface area (Å²) in [4.78, 5) is 2.42. The first kappa shape index (κ1) is 14.7. The lowest BCUT2D eigenvalue weighted by atomic mass is 9.93. The minimum Gasteiger partial charge on any atom is -0.486 e. The average molecular weight is 290 g/mol. The predicted molar refractivity (Wildman–Crippen MR) is 83.7 cm³/mol. The topological polar surface area (TPSA) is 47.7 Å². The van der Waals surface area contributed by atoms with E-state index in [2.05, 4.69) is 30.9 Å². The van der Waals surface area contributed by atoms with Crippen LogP contribution in [-0.4, -0.2) is 36.9 Å². The van der Waals surface area contributed by atoms with Gasteiger partial charge in [-0.3, -0.25) is 4.90 Å². The molecule has 0 amide bonds. The summed E-state index contributed by atoms with van der Waals surface area (Å²) in [6.45, 7) is 7.91. The highest BCUT2D eigenvalue weighted by Crippen LogP contribution is 2.32. The summed E-state index contributed by atoms with van der Waals surface area (Å²) in [5.41, 5.74) is 7.51. The summed E-state index contributed by atoms with van der Waals surface area (Å²) >= 11 is 0. The molecule has 0 bridgehead atoms. The van der Waals surface area contributed by atoms with Crippen molar-refractivity contribution in [1.29, 1.82) is 0 Å². The van der Waals surface area contributed by atoms with E-state index in [9.17, 15) is 0 Å². The van der Waals surface area contributed by atoms with E-state index in [1.807, 2.05) is 6.07 Å². The van der Waals surface area contributed by atoms with Crippen LogP contribution in [0, 0.1) is 5.92 Å². The number of nitrogens with two attached hydrogens (primary N) is 1. The van der Waals surface area contributed by atoms with Crippen molar-refractivity contribution in [2.75, 3.05) is 26.3 Å². The van der Waals surface area contributed by atoms with Crippen LogP contribution in [0.15, 0.2) is 18.2 Å². The molecule has 1 unspecified atom stereocenters. The minimum absolute atomic E-state index is 0.302. The standard InChI is InChI=1S/C17H26N2O2/c1-13-5-7-19(8-6-13)17(2,18)12-14-3-4-15-16(11-14)21-10-9-20-15/h3-4,11,13H,5-10,12,18H2,1-2H3. The molecule has 4 heteroatoms. The molecule has 0 aliphatic carbocycles. The number of piperidine rings is 1. The van der Waals surface area contributed by atoms with Crippen molar-refractivity contribution in [2.24, 2.45) is 11.7 Å². The number of likely N-dealkylation sites (tertiary alicyclic amines) is 1. The van der Waals surface area contributed by atoms with Crippen molar-refractivity contribution in [3.63, 3.8) is 0 Å². The lowest BCUT2D eigenvalue weighted by Gasteiger charge is -2.42. The minimum atomic E-state index is -0.302. The second kappa shape index (κ2) is 5.85. The van der Waals surface area contributed by atoms with Crippen LogP contribution in [0.4, 0.5) is 0 Å². The second-order valence-electron chi connectivity index (χ2n) is 6.68. The van der Waals surface area contributed by atoms with Crippen LogP contribution < -0.4 is 15.2 Å². The smallest absolute Gasteiger partial charge is 0.161 e. The fourth-order valence-electron chi connectivity index (χ4n) is 3.24. The summed E-state index contributed by atoms with van der Waals surface area (Å²) in [6, 6.07) is 6.18. The Morgan fingerprint density at radius 1 is 1.19 bits per heavy atom. The molecule has 1 atom stereocenters. The van der Waals surface area contributed by atoms with Crippen molar-refractivity contribution in [2.45, 2.75) is 38.8 Å². The Morgan fingerprint density at radius 3 is 2.57 bits per heavy atom. The average Bonchev–Trinajstić information content (AvgIpc) is 2.47. The SMILES string of the molecule is CC1CCN(C(C)(N)Cc2ccc3c(c2)OCCO3)CC1. The molecular formula is C17H26N2O2. The molecule has 0 aromatic heterocycles. The molecule has 3 rings (SSSR count). The fourth-order valence-corrected chi connectivity index (χ4v) is 3.24. The lowest BCUT2D eigenvalue weighted by Crippen LogP contribution is -2.57. The number of ether oxygens (including phenoxy) is 2. The number of rotatable bonds is 3. The van der Waals surface area contributed by atoms with E-state index in [1.165, 1.54) is 18.4 Å². The van der Waals surface area contributed by atoms with Gasteiger partial charge in [-0.25, -0.2) is 0 Å². The van der Waals surface area contributed by atoms with Crippen LogP contribution in [-0.2, 0) is 6.42 Å². The van der Waals surface area contributed by atoms with Crippen LogP contribution in [0.2, 0.25) is 0 Å². The van der Waals surface area contributed by atoms with Crippen molar-refractivity contribution in [3.8, 4) is 11.5 Å². The summed E-state index contributed by atoms with van der Waals surface area (Å²) in [7, 11) is 0. The molecule has 2 N–H and O–H groups in total. The first-order valence-electron chi connectivity index (χ1n) is 7.97. The zero-order valence-electron chi connectivity index (χ0n) is 13.1. The van der Waals surface area contributed by atoms with Gasteiger partial charge in [0.2, 0.25) is 0 Å². The molecular weight excluding hydrogens is 264 g/mol. The van der Waals surface area contributed by atoms with Crippen molar-refractivity contribution >= 4 is 0 Å². The molecule has 1 fully saturated rings. The van der Waals surface area contributed by atoms with E-state index in [-0.39, 0.29) is 5.66 Å². The van der Waals surface area contributed by atoms with Gasteiger partial charge < -0.3 is 15.2 Å². The van der Waals surface area contributed by atoms with Gasteiger partial charge in [-0.05, 0) is 43.4 Å². The Morgan fingerprint density at radius 2 is 1.86 bits per heavy atom. The largest absolute Gasteiger partial charge is 0.486 e. The van der Waals surface area contributed by atoms with Crippen LogP contribution in [0.25, 0.3) is 0 Å². The Bertz CT molecular complexity index is 494. The first-order valence-corrected chi connectivity index (χ1v) is 7.97.